The summed E-state index contributed by atoms with van der Waals surface area (Å²) in [6, 6.07) is 14.9. The van der Waals surface area contributed by atoms with Crippen LogP contribution in [0.25, 0.3) is 10.9 Å². The highest BCUT2D eigenvalue weighted by Crippen LogP contribution is 2.22. The largest absolute Gasteiger partial charge is 0.358 e. The SMILES string of the molecule is Cc1[nH]c2ccccc2c1C(=O)C(=O)NCCc1ccc(Cl)cc1. The number of carbonyl (C=O) groups is 2. The minimum atomic E-state index is -0.586. The lowest BCUT2D eigenvalue weighted by Gasteiger charge is -2.05. The van der Waals surface area contributed by atoms with Gasteiger partial charge in [-0.15, -0.1) is 0 Å². The molecule has 2 N–H and O–H groups in total. The van der Waals surface area contributed by atoms with Gasteiger partial charge in [0.05, 0.1) is 5.56 Å². The molecule has 0 saturated heterocycles. The molecule has 1 heterocycles. The van der Waals surface area contributed by atoms with Crippen LogP contribution in [-0.2, 0) is 11.2 Å². The molecule has 1 aromatic heterocycles. The quantitative estimate of drug-likeness (QED) is 0.550. The number of rotatable bonds is 5. The van der Waals surface area contributed by atoms with Gasteiger partial charge >= 0.3 is 0 Å². The van der Waals surface area contributed by atoms with Crippen molar-refractivity contribution in [2.75, 3.05) is 6.54 Å². The van der Waals surface area contributed by atoms with Crippen LogP contribution >= 0.6 is 11.6 Å². The Hall–Kier alpha value is -2.59. The van der Waals surface area contributed by atoms with Crippen LogP contribution in [-0.4, -0.2) is 23.2 Å². The second kappa shape index (κ2) is 6.89. The Kier molecular flexibility index (Phi) is 4.67. The fourth-order valence-electron chi connectivity index (χ4n) is 2.73. The Morgan fingerprint density at radius 2 is 1.79 bits per heavy atom. The van der Waals surface area contributed by atoms with E-state index in [1.54, 1.807) is 19.1 Å². The predicted molar refractivity (Wildman–Crippen MR) is 95.5 cm³/mol. The zero-order chi connectivity index (χ0) is 17.1. The van der Waals surface area contributed by atoms with Crippen LogP contribution in [0.2, 0.25) is 5.02 Å². The third kappa shape index (κ3) is 3.34. The molecule has 3 rings (SSSR count). The van der Waals surface area contributed by atoms with Crippen LogP contribution in [0.15, 0.2) is 48.5 Å². The van der Waals surface area contributed by atoms with E-state index in [1.165, 1.54) is 0 Å². The summed E-state index contributed by atoms with van der Waals surface area (Å²) in [6.45, 7) is 2.20. The van der Waals surface area contributed by atoms with E-state index < -0.39 is 11.7 Å². The second-order valence-electron chi connectivity index (χ2n) is 5.63. The number of carbonyl (C=O) groups excluding carboxylic acids is 2. The van der Waals surface area contributed by atoms with Gasteiger partial charge in [0.1, 0.15) is 0 Å². The molecule has 0 saturated carbocycles. The van der Waals surface area contributed by atoms with Crippen LogP contribution in [0.4, 0.5) is 0 Å². The van der Waals surface area contributed by atoms with Gasteiger partial charge in [0.25, 0.3) is 11.7 Å². The van der Waals surface area contributed by atoms with Crippen molar-refractivity contribution in [1.29, 1.82) is 0 Å². The summed E-state index contributed by atoms with van der Waals surface area (Å²) < 4.78 is 0. The van der Waals surface area contributed by atoms with E-state index in [0.717, 1.165) is 16.5 Å². The van der Waals surface area contributed by atoms with Crippen molar-refractivity contribution in [1.82, 2.24) is 10.3 Å². The number of aromatic nitrogens is 1. The number of halogens is 1. The number of amides is 1. The van der Waals surface area contributed by atoms with Gasteiger partial charge in [0, 0.05) is 28.2 Å². The van der Waals surface area contributed by atoms with Crippen molar-refractivity contribution in [2.24, 2.45) is 0 Å². The van der Waals surface area contributed by atoms with Crippen LogP contribution in [0.1, 0.15) is 21.6 Å². The first-order valence-corrected chi connectivity index (χ1v) is 8.08. The van der Waals surface area contributed by atoms with E-state index >= 15 is 0 Å². The first kappa shape index (κ1) is 16.3. The number of hydrogen-bond donors (Lipinski definition) is 2. The molecule has 122 valence electrons. The molecule has 0 aliphatic heterocycles. The molecule has 0 fully saturated rings. The Balaban J connectivity index is 1.67. The minimum Gasteiger partial charge on any atom is -0.358 e. The maximum absolute atomic E-state index is 12.5. The van der Waals surface area contributed by atoms with Crippen molar-refractivity contribution in [3.05, 3.63) is 70.4 Å². The van der Waals surface area contributed by atoms with Crippen molar-refractivity contribution in [3.8, 4) is 0 Å². The summed E-state index contributed by atoms with van der Waals surface area (Å²) in [5.41, 5.74) is 3.05. The molecule has 0 aliphatic carbocycles. The van der Waals surface area contributed by atoms with E-state index in [9.17, 15) is 9.59 Å². The molecule has 24 heavy (non-hydrogen) atoms. The first-order chi connectivity index (χ1) is 11.6. The molecule has 0 atom stereocenters. The lowest BCUT2D eigenvalue weighted by Crippen LogP contribution is -2.32. The molecule has 0 bridgehead atoms. The third-order valence-electron chi connectivity index (χ3n) is 3.94. The van der Waals surface area contributed by atoms with Gasteiger partial charge in [-0.3, -0.25) is 9.59 Å². The van der Waals surface area contributed by atoms with Gasteiger partial charge in [-0.05, 0) is 37.1 Å². The Morgan fingerprint density at radius 3 is 2.54 bits per heavy atom. The molecular formula is C19H17ClN2O2. The normalized spacial score (nSPS) is 10.8. The van der Waals surface area contributed by atoms with Crippen LogP contribution in [0.3, 0.4) is 0 Å². The second-order valence-corrected chi connectivity index (χ2v) is 6.07. The summed E-state index contributed by atoms with van der Waals surface area (Å²) in [4.78, 5) is 27.8. The summed E-state index contributed by atoms with van der Waals surface area (Å²) in [6.07, 6.45) is 0.642. The van der Waals surface area contributed by atoms with Crippen LogP contribution < -0.4 is 5.32 Å². The van der Waals surface area contributed by atoms with Crippen molar-refractivity contribution >= 4 is 34.2 Å². The summed E-state index contributed by atoms with van der Waals surface area (Å²) in [5.74, 6) is -1.10. The first-order valence-electron chi connectivity index (χ1n) is 7.70. The molecule has 0 aliphatic rings. The summed E-state index contributed by atoms with van der Waals surface area (Å²) in [7, 11) is 0. The lowest BCUT2D eigenvalue weighted by molar-refractivity contribution is -0.116. The fourth-order valence-corrected chi connectivity index (χ4v) is 2.86. The molecule has 0 unspecified atom stereocenters. The number of aromatic amines is 1. The molecule has 1 amide bonds. The summed E-state index contributed by atoms with van der Waals surface area (Å²) >= 11 is 5.84. The van der Waals surface area contributed by atoms with Crippen molar-refractivity contribution in [3.63, 3.8) is 0 Å². The number of para-hydroxylation sites is 1. The fraction of sp³-hybridized carbons (Fsp3) is 0.158. The number of fused-ring (bicyclic) bond motifs is 1. The average molecular weight is 341 g/mol. The highest BCUT2D eigenvalue weighted by molar-refractivity contribution is 6.45. The Labute approximate surface area is 144 Å². The molecular weight excluding hydrogens is 324 g/mol. The van der Waals surface area contributed by atoms with Crippen molar-refractivity contribution < 1.29 is 9.59 Å². The Bertz CT molecular complexity index is 897. The number of hydrogen-bond acceptors (Lipinski definition) is 2. The number of aryl methyl sites for hydroxylation is 1. The maximum Gasteiger partial charge on any atom is 0.292 e. The minimum absolute atomic E-state index is 0.396. The van der Waals surface area contributed by atoms with E-state index in [1.807, 2.05) is 36.4 Å². The van der Waals surface area contributed by atoms with Gasteiger partial charge in [-0.25, -0.2) is 0 Å². The smallest absolute Gasteiger partial charge is 0.292 e. The van der Waals surface area contributed by atoms with Gasteiger partial charge < -0.3 is 10.3 Å². The van der Waals surface area contributed by atoms with Crippen LogP contribution in [0, 0.1) is 6.92 Å². The monoisotopic (exact) mass is 340 g/mol. The van der Waals surface area contributed by atoms with E-state index in [-0.39, 0.29) is 0 Å². The number of ketones is 1. The van der Waals surface area contributed by atoms with Gasteiger partial charge in [0.2, 0.25) is 0 Å². The highest BCUT2D eigenvalue weighted by Gasteiger charge is 2.22. The average Bonchev–Trinajstić information content (AvgIpc) is 2.91. The molecule has 3 aromatic rings. The summed E-state index contributed by atoms with van der Waals surface area (Å²) in [5, 5.41) is 4.14. The van der Waals surface area contributed by atoms with Crippen LogP contribution in [0.5, 0.6) is 0 Å². The topological polar surface area (TPSA) is 62.0 Å². The zero-order valence-electron chi connectivity index (χ0n) is 13.2. The van der Waals surface area contributed by atoms with E-state index in [0.29, 0.717) is 29.2 Å². The number of Topliss-reactive ketones (excluding diaryl/α,β-unsaturated/α-hetero) is 1. The third-order valence-corrected chi connectivity index (χ3v) is 4.19. The number of benzene rings is 2. The molecule has 0 radical (unpaired) electrons. The standard InChI is InChI=1S/C19H17ClN2O2/c1-12-17(15-4-2-3-5-16(15)22-12)18(23)19(24)21-11-10-13-6-8-14(20)9-7-13/h2-9,22H,10-11H2,1H3,(H,21,24). The van der Waals surface area contributed by atoms with Crippen molar-refractivity contribution in [2.45, 2.75) is 13.3 Å². The molecule has 4 nitrogen and oxygen atoms in total. The highest BCUT2D eigenvalue weighted by atomic mass is 35.5. The number of H-pyrrole nitrogens is 1. The molecule has 2 aromatic carbocycles. The molecule has 0 spiro atoms. The van der Waals surface area contributed by atoms with Gasteiger partial charge in [0.15, 0.2) is 0 Å². The molecule has 5 heteroatoms. The van der Waals surface area contributed by atoms with Gasteiger partial charge in [-0.2, -0.15) is 0 Å². The van der Waals surface area contributed by atoms with E-state index in [4.69, 9.17) is 11.6 Å². The lowest BCUT2D eigenvalue weighted by atomic mass is 10.1. The Morgan fingerprint density at radius 1 is 1.08 bits per heavy atom. The van der Waals surface area contributed by atoms with E-state index in [2.05, 4.69) is 10.3 Å². The maximum atomic E-state index is 12.5. The predicted octanol–water partition coefficient (Wildman–Crippen LogP) is 3.67. The van der Waals surface area contributed by atoms with Gasteiger partial charge in [-0.1, -0.05) is 41.9 Å². The zero-order valence-corrected chi connectivity index (χ0v) is 14.0. The number of nitrogens with one attached hydrogen (secondary N) is 2.